The molecule has 1 aromatic rings. The summed E-state index contributed by atoms with van der Waals surface area (Å²) in [6, 6.07) is 0. The summed E-state index contributed by atoms with van der Waals surface area (Å²) in [5.74, 6) is 0. The summed E-state index contributed by atoms with van der Waals surface area (Å²) >= 11 is 0. The van der Waals surface area contributed by atoms with E-state index in [1.165, 1.54) is 12.8 Å². The van der Waals surface area contributed by atoms with Crippen LogP contribution in [0.25, 0.3) is 0 Å². The fourth-order valence-corrected chi connectivity index (χ4v) is 1.64. The van der Waals surface area contributed by atoms with Gasteiger partial charge in [0.15, 0.2) is 0 Å². The molecular formula is C9H15N3O. The minimum absolute atomic E-state index is 0.327. The van der Waals surface area contributed by atoms with Crippen LogP contribution in [0.5, 0.6) is 0 Å². The molecule has 1 aromatic heterocycles. The number of nitrogens with zero attached hydrogens (tertiary/aromatic N) is 2. The lowest BCUT2D eigenvalue weighted by atomic mass is 10.1. The Labute approximate surface area is 77.7 Å². The van der Waals surface area contributed by atoms with E-state index in [-0.39, 0.29) is 0 Å². The number of ether oxygens (including phenoxy) is 1. The number of hydrogen-bond acceptors (Lipinski definition) is 3. The number of aromatic nitrogens is 2. The van der Waals surface area contributed by atoms with Gasteiger partial charge >= 0.3 is 0 Å². The fourth-order valence-electron chi connectivity index (χ4n) is 1.64. The van der Waals surface area contributed by atoms with Crippen LogP contribution in [0.4, 0.5) is 5.69 Å². The predicted molar refractivity (Wildman–Crippen MR) is 50.2 cm³/mol. The third-order valence-electron chi connectivity index (χ3n) is 2.32. The van der Waals surface area contributed by atoms with Crippen LogP contribution < -0.4 is 5.73 Å². The van der Waals surface area contributed by atoms with Gasteiger partial charge in [0.2, 0.25) is 0 Å². The number of nitrogen functional groups attached to an aromatic ring is 1. The topological polar surface area (TPSA) is 53.1 Å². The Bertz CT molecular complexity index is 266. The summed E-state index contributed by atoms with van der Waals surface area (Å²) in [7, 11) is 0. The Kier molecular flexibility index (Phi) is 2.49. The highest BCUT2D eigenvalue weighted by molar-refractivity contribution is 5.30. The van der Waals surface area contributed by atoms with Gasteiger partial charge in [0.05, 0.1) is 24.5 Å². The Balaban J connectivity index is 1.89. The monoisotopic (exact) mass is 181 g/mol. The van der Waals surface area contributed by atoms with Gasteiger partial charge in [-0.1, -0.05) is 0 Å². The Morgan fingerprint density at radius 3 is 3.15 bits per heavy atom. The molecule has 1 aliphatic heterocycles. The maximum atomic E-state index is 5.59. The lowest BCUT2D eigenvalue weighted by Gasteiger charge is -2.22. The van der Waals surface area contributed by atoms with E-state index in [4.69, 9.17) is 10.5 Å². The van der Waals surface area contributed by atoms with Gasteiger partial charge in [-0.3, -0.25) is 4.68 Å². The SMILES string of the molecule is Nc1cnn(C[C@H]2CCCCO2)c1. The van der Waals surface area contributed by atoms with Crippen molar-refractivity contribution in [3.8, 4) is 0 Å². The van der Waals surface area contributed by atoms with E-state index >= 15 is 0 Å². The van der Waals surface area contributed by atoms with Crippen LogP contribution in [0.3, 0.4) is 0 Å². The fraction of sp³-hybridized carbons (Fsp3) is 0.667. The van der Waals surface area contributed by atoms with Crippen molar-refractivity contribution in [3.63, 3.8) is 0 Å². The molecule has 1 fully saturated rings. The molecule has 0 saturated carbocycles. The molecule has 1 saturated heterocycles. The maximum Gasteiger partial charge on any atom is 0.0770 e. The van der Waals surface area contributed by atoms with Crippen LogP contribution in [0.15, 0.2) is 12.4 Å². The van der Waals surface area contributed by atoms with Gasteiger partial charge in [-0.25, -0.2) is 0 Å². The quantitative estimate of drug-likeness (QED) is 0.741. The van der Waals surface area contributed by atoms with Crippen molar-refractivity contribution in [1.29, 1.82) is 0 Å². The second kappa shape index (κ2) is 3.79. The first-order valence-corrected chi connectivity index (χ1v) is 4.74. The zero-order chi connectivity index (χ0) is 9.10. The second-order valence-corrected chi connectivity index (χ2v) is 3.48. The number of hydrogen-bond donors (Lipinski definition) is 1. The summed E-state index contributed by atoms with van der Waals surface area (Å²) in [4.78, 5) is 0. The van der Waals surface area contributed by atoms with E-state index < -0.39 is 0 Å². The molecule has 2 N–H and O–H groups in total. The molecule has 2 heterocycles. The van der Waals surface area contributed by atoms with Gasteiger partial charge in [-0.05, 0) is 19.3 Å². The molecule has 4 heteroatoms. The standard InChI is InChI=1S/C9H15N3O/c10-8-5-11-12(6-8)7-9-3-1-2-4-13-9/h5-6,9H,1-4,7,10H2/t9-/m1/s1. The van der Waals surface area contributed by atoms with Crippen molar-refractivity contribution in [3.05, 3.63) is 12.4 Å². The van der Waals surface area contributed by atoms with Gasteiger partial charge in [0.25, 0.3) is 0 Å². The van der Waals surface area contributed by atoms with Crippen LogP contribution >= 0.6 is 0 Å². The molecule has 0 spiro atoms. The van der Waals surface area contributed by atoms with Crippen LogP contribution in [0, 0.1) is 0 Å². The van der Waals surface area contributed by atoms with E-state index in [9.17, 15) is 0 Å². The van der Waals surface area contributed by atoms with Crippen LogP contribution in [-0.2, 0) is 11.3 Å². The van der Waals surface area contributed by atoms with Crippen molar-refractivity contribution in [2.45, 2.75) is 31.9 Å². The molecule has 0 aliphatic carbocycles. The van der Waals surface area contributed by atoms with Crippen LogP contribution in [0.1, 0.15) is 19.3 Å². The average Bonchev–Trinajstić information content (AvgIpc) is 2.53. The molecule has 0 aromatic carbocycles. The number of nitrogens with two attached hydrogens (primary N) is 1. The summed E-state index contributed by atoms with van der Waals surface area (Å²) in [6.07, 6.45) is 7.44. The molecular weight excluding hydrogens is 166 g/mol. The first-order chi connectivity index (χ1) is 6.34. The van der Waals surface area contributed by atoms with Gasteiger partial charge in [-0.2, -0.15) is 5.10 Å². The molecule has 0 radical (unpaired) electrons. The van der Waals surface area contributed by atoms with E-state index in [1.54, 1.807) is 6.20 Å². The van der Waals surface area contributed by atoms with Crippen LogP contribution in [0.2, 0.25) is 0 Å². The number of anilines is 1. The minimum atomic E-state index is 0.327. The molecule has 2 rings (SSSR count). The first-order valence-electron chi connectivity index (χ1n) is 4.74. The zero-order valence-electron chi connectivity index (χ0n) is 7.65. The molecule has 1 atom stereocenters. The molecule has 13 heavy (non-hydrogen) atoms. The zero-order valence-corrected chi connectivity index (χ0v) is 7.65. The summed E-state index contributed by atoms with van der Waals surface area (Å²) in [5, 5.41) is 4.12. The van der Waals surface area contributed by atoms with Crippen molar-refractivity contribution >= 4 is 5.69 Å². The average molecular weight is 181 g/mol. The van der Waals surface area contributed by atoms with Crippen LogP contribution in [-0.4, -0.2) is 22.5 Å². The largest absolute Gasteiger partial charge is 0.396 e. The summed E-state index contributed by atoms with van der Waals surface area (Å²) in [5.41, 5.74) is 6.28. The third-order valence-corrected chi connectivity index (χ3v) is 2.32. The van der Waals surface area contributed by atoms with Gasteiger partial charge in [0.1, 0.15) is 0 Å². The molecule has 72 valence electrons. The Morgan fingerprint density at radius 1 is 1.62 bits per heavy atom. The van der Waals surface area contributed by atoms with E-state index in [2.05, 4.69) is 5.10 Å². The van der Waals surface area contributed by atoms with E-state index in [1.807, 2.05) is 10.9 Å². The van der Waals surface area contributed by atoms with Gasteiger partial charge in [0, 0.05) is 12.8 Å². The van der Waals surface area contributed by atoms with Crippen molar-refractivity contribution < 1.29 is 4.74 Å². The van der Waals surface area contributed by atoms with Gasteiger partial charge < -0.3 is 10.5 Å². The van der Waals surface area contributed by atoms with E-state index in [0.717, 1.165) is 25.3 Å². The smallest absolute Gasteiger partial charge is 0.0770 e. The second-order valence-electron chi connectivity index (χ2n) is 3.48. The Hall–Kier alpha value is -1.03. The molecule has 0 bridgehead atoms. The van der Waals surface area contributed by atoms with E-state index in [0.29, 0.717) is 6.10 Å². The molecule has 1 aliphatic rings. The number of rotatable bonds is 2. The predicted octanol–water partition coefficient (Wildman–Crippen LogP) is 1.03. The lowest BCUT2D eigenvalue weighted by Crippen LogP contribution is -2.24. The third kappa shape index (κ3) is 2.21. The lowest BCUT2D eigenvalue weighted by molar-refractivity contribution is 0.00401. The minimum Gasteiger partial charge on any atom is -0.396 e. The highest BCUT2D eigenvalue weighted by atomic mass is 16.5. The highest BCUT2D eigenvalue weighted by Gasteiger charge is 2.14. The van der Waals surface area contributed by atoms with Gasteiger partial charge in [-0.15, -0.1) is 0 Å². The molecule has 0 unspecified atom stereocenters. The first kappa shape index (κ1) is 8.56. The summed E-state index contributed by atoms with van der Waals surface area (Å²) in [6.45, 7) is 1.72. The maximum absolute atomic E-state index is 5.59. The molecule has 4 nitrogen and oxygen atoms in total. The molecule has 0 amide bonds. The van der Waals surface area contributed by atoms with Crippen molar-refractivity contribution in [2.75, 3.05) is 12.3 Å². The summed E-state index contributed by atoms with van der Waals surface area (Å²) < 4.78 is 7.44. The normalized spacial score (nSPS) is 23.2. The van der Waals surface area contributed by atoms with Crippen molar-refractivity contribution in [2.24, 2.45) is 0 Å². The highest BCUT2D eigenvalue weighted by Crippen LogP contribution is 2.14. The Morgan fingerprint density at radius 2 is 2.54 bits per heavy atom. The van der Waals surface area contributed by atoms with Crippen molar-refractivity contribution in [1.82, 2.24) is 9.78 Å².